The zero-order valence-electron chi connectivity index (χ0n) is 17.4. The number of rotatable bonds is 5. The lowest BCUT2D eigenvalue weighted by Gasteiger charge is -2.22. The van der Waals surface area contributed by atoms with Crippen molar-refractivity contribution in [2.24, 2.45) is 0 Å². The topological polar surface area (TPSA) is 69.8 Å². The molecule has 0 spiro atoms. The molecule has 0 aliphatic carbocycles. The number of ether oxygens (including phenoxy) is 1. The van der Waals surface area contributed by atoms with Crippen LogP contribution in [0.25, 0.3) is 5.69 Å². The van der Waals surface area contributed by atoms with Gasteiger partial charge in [-0.2, -0.15) is 4.98 Å². The fraction of sp³-hybridized carbons (Fsp3) is 0.261. The minimum absolute atomic E-state index is 0.110. The average Bonchev–Trinajstić information content (AvgIpc) is 3.39. The molecule has 0 amide bonds. The molecule has 1 aliphatic heterocycles. The number of fused-ring (bicyclic) bond motifs is 1. The summed E-state index contributed by atoms with van der Waals surface area (Å²) in [5.74, 6) is 2.04. The Balaban J connectivity index is 1.42. The van der Waals surface area contributed by atoms with E-state index in [9.17, 15) is 4.39 Å². The molecule has 0 fully saturated rings. The van der Waals surface area contributed by atoms with Crippen molar-refractivity contribution >= 4 is 11.6 Å². The summed E-state index contributed by atoms with van der Waals surface area (Å²) in [6.07, 6.45) is 5.69. The maximum atomic E-state index is 13.3. The summed E-state index contributed by atoms with van der Waals surface area (Å²) in [5.41, 5.74) is 3.73. The van der Waals surface area contributed by atoms with Crippen LogP contribution in [0.2, 0.25) is 0 Å². The number of hydrogen-bond acceptors (Lipinski definition) is 5. The second-order valence-electron chi connectivity index (χ2n) is 7.70. The van der Waals surface area contributed by atoms with E-state index in [0.29, 0.717) is 5.95 Å². The molecule has 0 radical (unpaired) electrons. The van der Waals surface area contributed by atoms with E-state index in [4.69, 9.17) is 9.72 Å². The van der Waals surface area contributed by atoms with Crippen LogP contribution in [0.5, 0.6) is 5.75 Å². The highest BCUT2D eigenvalue weighted by molar-refractivity contribution is 5.62. The number of aryl methyl sites for hydroxylation is 2. The molecule has 2 aromatic carbocycles. The Morgan fingerprint density at radius 1 is 1.16 bits per heavy atom. The smallest absolute Gasteiger partial charge is 0.246 e. The number of benzene rings is 2. The molecule has 1 aliphatic rings. The van der Waals surface area contributed by atoms with E-state index >= 15 is 0 Å². The van der Waals surface area contributed by atoms with Crippen LogP contribution in [0.3, 0.4) is 0 Å². The van der Waals surface area contributed by atoms with E-state index in [-0.39, 0.29) is 11.7 Å². The first-order valence-corrected chi connectivity index (χ1v) is 10.3. The van der Waals surface area contributed by atoms with Crippen LogP contribution in [0.1, 0.15) is 35.8 Å². The molecule has 0 saturated heterocycles. The highest BCUT2D eigenvalue weighted by atomic mass is 19.1. The number of hydrogen-bond donors (Lipinski definition) is 1. The van der Waals surface area contributed by atoms with E-state index in [1.807, 2.05) is 52.7 Å². The third-order valence-corrected chi connectivity index (χ3v) is 5.57. The quantitative estimate of drug-likeness (QED) is 0.513. The molecule has 7 nitrogen and oxygen atoms in total. The van der Waals surface area contributed by atoms with Gasteiger partial charge in [0.1, 0.15) is 17.4 Å². The Bertz CT molecular complexity index is 1210. The lowest BCUT2D eigenvalue weighted by atomic mass is 9.91. The zero-order valence-corrected chi connectivity index (χ0v) is 17.4. The van der Waals surface area contributed by atoms with Gasteiger partial charge in [0.2, 0.25) is 5.95 Å². The van der Waals surface area contributed by atoms with E-state index in [1.54, 1.807) is 13.4 Å². The van der Waals surface area contributed by atoms with Gasteiger partial charge in [-0.15, -0.1) is 5.10 Å². The number of nitrogens with one attached hydrogen (secondary N) is 1. The molecule has 0 unspecified atom stereocenters. The SMILES string of the molecule is COc1cc(Nc2nc3n(n2)CCC[C@@H]3c2ccc(F)cc2)ccc1-n1cnc(C)c1. The summed E-state index contributed by atoms with van der Waals surface area (Å²) in [7, 11) is 1.65. The third-order valence-electron chi connectivity index (χ3n) is 5.57. The summed E-state index contributed by atoms with van der Waals surface area (Å²) in [5, 5.41) is 7.94. The van der Waals surface area contributed by atoms with Gasteiger partial charge in [0.05, 0.1) is 24.8 Å². The fourth-order valence-electron chi connectivity index (χ4n) is 4.07. The summed E-state index contributed by atoms with van der Waals surface area (Å²) in [4.78, 5) is 9.04. The molecule has 0 saturated carbocycles. The summed E-state index contributed by atoms with van der Waals surface area (Å²) >= 11 is 0. The number of halogens is 1. The molecule has 5 rings (SSSR count). The van der Waals surface area contributed by atoms with Crippen molar-refractivity contribution < 1.29 is 9.13 Å². The first kappa shape index (κ1) is 19.3. The molecule has 1 N–H and O–H groups in total. The van der Waals surface area contributed by atoms with E-state index < -0.39 is 0 Å². The Morgan fingerprint density at radius 3 is 2.74 bits per heavy atom. The van der Waals surface area contributed by atoms with Gasteiger partial charge in [-0.1, -0.05) is 12.1 Å². The highest BCUT2D eigenvalue weighted by Gasteiger charge is 2.26. The molecular weight excluding hydrogens is 395 g/mol. The number of imidazole rings is 1. The van der Waals surface area contributed by atoms with Gasteiger partial charge in [-0.3, -0.25) is 0 Å². The second kappa shape index (κ2) is 7.86. The standard InChI is InChI=1S/C23H23FN6O/c1-15-13-29(14-25-15)20-10-9-18(12-21(20)31-2)26-23-27-22-19(4-3-11-30(22)28-23)16-5-7-17(24)8-6-16/h5-10,12-14,19H,3-4,11H2,1-2H3,(H,26,28)/t19-/m1/s1. The monoisotopic (exact) mass is 418 g/mol. The van der Waals surface area contributed by atoms with Crippen LogP contribution in [-0.4, -0.2) is 31.4 Å². The third kappa shape index (κ3) is 3.76. The molecule has 31 heavy (non-hydrogen) atoms. The maximum Gasteiger partial charge on any atom is 0.246 e. The Labute approximate surface area is 179 Å². The molecule has 0 bridgehead atoms. The molecule has 3 heterocycles. The van der Waals surface area contributed by atoms with Crippen LogP contribution < -0.4 is 10.1 Å². The predicted molar refractivity (Wildman–Crippen MR) is 116 cm³/mol. The van der Waals surface area contributed by atoms with Crippen LogP contribution in [0.15, 0.2) is 55.0 Å². The van der Waals surface area contributed by atoms with Crippen LogP contribution in [0.4, 0.5) is 16.0 Å². The van der Waals surface area contributed by atoms with Gasteiger partial charge in [-0.05, 0) is 49.6 Å². The summed E-state index contributed by atoms with van der Waals surface area (Å²) in [6.45, 7) is 2.77. The van der Waals surface area contributed by atoms with Gasteiger partial charge < -0.3 is 14.6 Å². The van der Waals surface area contributed by atoms with Gasteiger partial charge in [0, 0.05) is 30.4 Å². The van der Waals surface area contributed by atoms with E-state index in [0.717, 1.165) is 53.6 Å². The summed E-state index contributed by atoms with van der Waals surface area (Å²) in [6, 6.07) is 12.5. The molecule has 158 valence electrons. The predicted octanol–water partition coefficient (Wildman–Crippen LogP) is 4.59. The van der Waals surface area contributed by atoms with Crippen LogP contribution in [-0.2, 0) is 6.54 Å². The van der Waals surface area contributed by atoms with Crippen LogP contribution in [0, 0.1) is 12.7 Å². The number of methoxy groups -OCH3 is 1. The minimum atomic E-state index is -0.230. The van der Waals surface area contributed by atoms with Gasteiger partial charge in [0.25, 0.3) is 0 Å². The Kier molecular flexibility index (Phi) is 4.89. The molecule has 1 atom stereocenters. The molecular formula is C23H23FN6O. The second-order valence-corrected chi connectivity index (χ2v) is 7.70. The Morgan fingerprint density at radius 2 is 2.00 bits per heavy atom. The van der Waals surface area contributed by atoms with Gasteiger partial charge in [-0.25, -0.2) is 14.1 Å². The van der Waals surface area contributed by atoms with Crippen molar-refractivity contribution in [2.75, 3.05) is 12.4 Å². The average molecular weight is 418 g/mol. The number of nitrogens with zero attached hydrogens (tertiary/aromatic N) is 5. The fourth-order valence-corrected chi connectivity index (χ4v) is 4.07. The lowest BCUT2D eigenvalue weighted by molar-refractivity contribution is 0.413. The van der Waals surface area contributed by atoms with E-state index in [1.165, 1.54) is 12.1 Å². The maximum absolute atomic E-state index is 13.3. The van der Waals surface area contributed by atoms with Crippen molar-refractivity contribution in [3.05, 3.63) is 77.9 Å². The normalized spacial score (nSPS) is 15.5. The lowest BCUT2D eigenvalue weighted by Crippen LogP contribution is -2.17. The van der Waals surface area contributed by atoms with Crippen molar-refractivity contribution in [1.29, 1.82) is 0 Å². The van der Waals surface area contributed by atoms with Crippen molar-refractivity contribution in [1.82, 2.24) is 24.3 Å². The van der Waals surface area contributed by atoms with Gasteiger partial charge in [0.15, 0.2) is 0 Å². The molecule has 4 aromatic rings. The van der Waals surface area contributed by atoms with Gasteiger partial charge >= 0.3 is 0 Å². The number of aromatic nitrogens is 5. The first-order chi connectivity index (χ1) is 15.1. The Hall–Kier alpha value is -3.68. The highest BCUT2D eigenvalue weighted by Crippen LogP contribution is 2.34. The summed E-state index contributed by atoms with van der Waals surface area (Å²) < 4.78 is 22.8. The van der Waals surface area contributed by atoms with Crippen molar-refractivity contribution in [2.45, 2.75) is 32.2 Å². The number of anilines is 2. The minimum Gasteiger partial charge on any atom is -0.494 e. The largest absolute Gasteiger partial charge is 0.494 e. The molecule has 8 heteroatoms. The molecule has 2 aromatic heterocycles. The first-order valence-electron chi connectivity index (χ1n) is 10.3. The van der Waals surface area contributed by atoms with Crippen molar-refractivity contribution in [3.63, 3.8) is 0 Å². The van der Waals surface area contributed by atoms with Crippen LogP contribution >= 0.6 is 0 Å². The van der Waals surface area contributed by atoms with Crippen molar-refractivity contribution in [3.8, 4) is 11.4 Å². The zero-order chi connectivity index (χ0) is 21.4. The van der Waals surface area contributed by atoms with E-state index in [2.05, 4.69) is 15.4 Å².